The van der Waals surface area contributed by atoms with Crippen LogP contribution in [0.25, 0.3) is 0 Å². The predicted molar refractivity (Wildman–Crippen MR) is 78.1 cm³/mol. The molecule has 0 spiro atoms. The molecule has 0 radical (unpaired) electrons. The number of nitrogens with one attached hydrogen (secondary N) is 1. The second-order valence-corrected chi connectivity index (χ2v) is 5.89. The lowest BCUT2D eigenvalue weighted by Crippen LogP contribution is -2.33. The van der Waals surface area contributed by atoms with Crippen molar-refractivity contribution in [1.29, 1.82) is 0 Å². The molecule has 4 heteroatoms. The van der Waals surface area contributed by atoms with Crippen LogP contribution in [0.5, 0.6) is 0 Å². The molecule has 0 aliphatic heterocycles. The molecule has 1 nitrogen and oxygen atoms in total. The number of benzene rings is 1. The van der Waals surface area contributed by atoms with Crippen molar-refractivity contribution in [2.24, 2.45) is 0 Å². The minimum absolute atomic E-state index is 0.211. The summed E-state index contributed by atoms with van der Waals surface area (Å²) in [5.41, 5.74) is 1.11. The van der Waals surface area contributed by atoms with Crippen LogP contribution in [0.15, 0.2) is 22.7 Å². The Hall–Kier alpha value is -0.0600. The zero-order chi connectivity index (χ0) is 12.8. The smallest absolute Gasteiger partial charge is 0.137 e. The Morgan fingerprint density at radius 3 is 2.71 bits per heavy atom. The lowest BCUT2D eigenvalue weighted by molar-refractivity contribution is 0.474. The molecule has 0 aromatic heterocycles. The highest BCUT2D eigenvalue weighted by molar-refractivity contribution is 9.10. The second-order valence-electron chi connectivity index (χ2n) is 4.12. The number of halogens is 2. The van der Waals surface area contributed by atoms with E-state index in [0.29, 0.717) is 10.5 Å². The van der Waals surface area contributed by atoms with Gasteiger partial charge >= 0.3 is 0 Å². The summed E-state index contributed by atoms with van der Waals surface area (Å²) >= 11 is 5.07. The summed E-state index contributed by atoms with van der Waals surface area (Å²) in [5, 5.41) is 3.57. The SMILES string of the molecule is CCC(CSC)NC(C)c1ccc(F)c(Br)c1. The van der Waals surface area contributed by atoms with Gasteiger partial charge in [-0.15, -0.1) is 0 Å². The summed E-state index contributed by atoms with van der Waals surface area (Å²) in [6, 6.07) is 5.93. The number of thioether (sulfide) groups is 1. The molecule has 0 aliphatic rings. The first kappa shape index (κ1) is 15.0. The first-order valence-corrected chi connectivity index (χ1v) is 7.97. The van der Waals surface area contributed by atoms with Crippen molar-refractivity contribution in [3.8, 4) is 0 Å². The maximum atomic E-state index is 13.1. The second kappa shape index (κ2) is 7.39. The molecule has 1 N–H and O–H groups in total. The molecule has 17 heavy (non-hydrogen) atoms. The van der Waals surface area contributed by atoms with Crippen molar-refractivity contribution < 1.29 is 4.39 Å². The van der Waals surface area contributed by atoms with E-state index in [-0.39, 0.29) is 11.9 Å². The molecule has 0 heterocycles. The summed E-state index contributed by atoms with van der Waals surface area (Å²) in [6.07, 6.45) is 3.22. The molecule has 0 saturated heterocycles. The van der Waals surface area contributed by atoms with Gasteiger partial charge in [-0.05, 0) is 53.2 Å². The molecule has 2 atom stereocenters. The van der Waals surface area contributed by atoms with Crippen LogP contribution in [0.2, 0.25) is 0 Å². The van der Waals surface area contributed by atoms with Gasteiger partial charge in [0.15, 0.2) is 0 Å². The third kappa shape index (κ3) is 4.60. The summed E-state index contributed by atoms with van der Waals surface area (Å²) in [6.45, 7) is 4.30. The zero-order valence-electron chi connectivity index (χ0n) is 10.5. The molecule has 1 aromatic rings. The quantitative estimate of drug-likeness (QED) is 0.835. The average molecular weight is 320 g/mol. The van der Waals surface area contributed by atoms with Crippen molar-refractivity contribution in [1.82, 2.24) is 5.32 Å². The van der Waals surface area contributed by atoms with Gasteiger partial charge < -0.3 is 5.32 Å². The third-order valence-electron chi connectivity index (χ3n) is 2.79. The molecule has 0 bridgehead atoms. The third-order valence-corrected chi connectivity index (χ3v) is 4.13. The van der Waals surface area contributed by atoms with Crippen LogP contribution in [0.3, 0.4) is 0 Å². The van der Waals surface area contributed by atoms with Crippen molar-refractivity contribution in [3.05, 3.63) is 34.1 Å². The first-order valence-electron chi connectivity index (χ1n) is 5.78. The Morgan fingerprint density at radius 1 is 1.47 bits per heavy atom. The molecule has 96 valence electrons. The molecular weight excluding hydrogens is 301 g/mol. The van der Waals surface area contributed by atoms with Crippen molar-refractivity contribution >= 4 is 27.7 Å². The number of hydrogen-bond donors (Lipinski definition) is 1. The van der Waals surface area contributed by atoms with Gasteiger partial charge in [-0.1, -0.05) is 13.0 Å². The van der Waals surface area contributed by atoms with Gasteiger partial charge in [0.25, 0.3) is 0 Å². The predicted octanol–water partition coefficient (Wildman–Crippen LogP) is 4.38. The summed E-state index contributed by atoms with van der Waals surface area (Å²) in [5.74, 6) is 0.889. The van der Waals surface area contributed by atoms with Gasteiger partial charge in [0.2, 0.25) is 0 Å². The fourth-order valence-corrected chi connectivity index (χ4v) is 2.85. The molecule has 1 rings (SSSR count). The largest absolute Gasteiger partial charge is 0.307 e. The Morgan fingerprint density at radius 2 is 2.18 bits per heavy atom. The molecule has 0 amide bonds. The highest BCUT2D eigenvalue weighted by Crippen LogP contribution is 2.22. The van der Waals surface area contributed by atoms with Crippen LogP contribution < -0.4 is 5.32 Å². The summed E-state index contributed by atoms with van der Waals surface area (Å²) in [4.78, 5) is 0. The molecule has 1 aromatic carbocycles. The highest BCUT2D eigenvalue weighted by atomic mass is 79.9. The monoisotopic (exact) mass is 319 g/mol. The van der Waals surface area contributed by atoms with Crippen LogP contribution >= 0.6 is 27.7 Å². The normalized spacial score (nSPS) is 14.6. The fraction of sp³-hybridized carbons (Fsp3) is 0.538. The maximum Gasteiger partial charge on any atom is 0.137 e. The van der Waals surface area contributed by atoms with E-state index >= 15 is 0 Å². The van der Waals surface area contributed by atoms with Crippen molar-refractivity contribution in [2.75, 3.05) is 12.0 Å². The van der Waals surface area contributed by atoms with Gasteiger partial charge in [0, 0.05) is 17.8 Å². The van der Waals surface area contributed by atoms with Gasteiger partial charge in [-0.2, -0.15) is 11.8 Å². The topological polar surface area (TPSA) is 12.0 Å². The summed E-state index contributed by atoms with van der Waals surface area (Å²) < 4.78 is 13.7. The minimum atomic E-state index is -0.211. The van der Waals surface area contributed by atoms with E-state index in [2.05, 4.69) is 41.3 Å². The van der Waals surface area contributed by atoms with Crippen LogP contribution in [-0.2, 0) is 0 Å². The van der Waals surface area contributed by atoms with Crippen LogP contribution in [0.4, 0.5) is 4.39 Å². The van der Waals surface area contributed by atoms with Gasteiger partial charge in [-0.25, -0.2) is 4.39 Å². The van der Waals surface area contributed by atoms with Crippen LogP contribution in [0, 0.1) is 5.82 Å². The minimum Gasteiger partial charge on any atom is -0.307 e. The van der Waals surface area contributed by atoms with Crippen molar-refractivity contribution in [3.63, 3.8) is 0 Å². The van der Waals surface area contributed by atoms with Crippen LogP contribution in [-0.4, -0.2) is 18.1 Å². The highest BCUT2D eigenvalue weighted by Gasteiger charge is 2.12. The number of rotatable bonds is 6. The molecule has 0 saturated carbocycles. The van der Waals surface area contributed by atoms with Gasteiger partial charge in [-0.3, -0.25) is 0 Å². The Kier molecular flexibility index (Phi) is 6.52. The van der Waals surface area contributed by atoms with Gasteiger partial charge in [0.05, 0.1) is 4.47 Å². The Balaban J connectivity index is 2.68. The zero-order valence-corrected chi connectivity index (χ0v) is 12.9. The van der Waals surface area contributed by atoms with E-state index in [9.17, 15) is 4.39 Å². The lowest BCUT2D eigenvalue weighted by Gasteiger charge is -2.22. The maximum absolute atomic E-state index is 13.1. The van der Waals surface area contributed by atoms with Gasteiger partial charge in [0.1, 0.15) is 5.82 Å². The van der Waals surface area contributed by atoms with E-state index in [0.717, 1.165) is 17.7 Å². The van der Waals surface area contributed by atoms with E-state index in [1.165, 1.54) is 6.07 Å². The Labute approximate surface area is 116 Å². The standard InChI is InChI=1S/C13H19BrFNS/c1-4-11(8-17-3)16-9(2)10-5-6-13(15)12(14)7-10/h5-7,9,11,16H,4,8H2,1-3H3. The van der Waals surface area contributed by atoms with E-state index < -0.39 is 0 Å². The molecule has 0 fully saturated rings. The van der Waals surface area contributed by atoms with Crippen LogP contribution in [0.1, 0.15) is 31.9 Å². The lowest BCUT2D eigenvalue weighted by atomic mass is 10.1. The number of hydrogen-bond acceptors (Lipinski definition) is 2. The van der Waals surface area contributed by atoms with Crippen molar-refractivity contribution in [2.45, 2.75) is 32.4 Å². The molecule has 2 unspecified atom stereocenters. The Bertz CT molecular complexity index is 359. The van der Waals surface area contributed by atoms with E-state index in [1.807, 2.05) is 23.9 Å². The molecule has 0 aliphatic carbocycles. The fourth-order valence-electron chi connectivity index (χ4n) is 1.72. The summed E-state index contributed by atoms with van der Waals surface area (Å²) in [7, 11) is 0. The van der Waals surface area contributed by atoms with E-state index in [4.69, 9.17) is 0 Å². The molecular formula is C13H19BrFNS. The van der Waals surface area contributed by atoms with E-state index in [1.54, 1.807) is 0 Å². The first-order chi connectivity index (χ1) is 8.08. The average Bonchev–Trinajstić information content (AvgIpc) is 2.31.